The van der Waals surface area contributed by atoms with Crippen LogP contribution in [0.4, 0.5) is 5.82 Å². The lowest BCUT2D eigenvalue weighted by atomic mass is 9.86. The number of aromatic nitrogens is 1. The minimum absolute atomic E-state index is 0.0457. The Kier molecular flexibility index (Phi) is 4.84. The smallest absolute Gasteiger partial charge is 0.225 e. The molecular weight excluding hydrogens is 252 g/mol. The number of carbonyl (C=O) groups excluding carboxylic acids is 1. The van der Waals surface area contributed by atoms with Gasteiger partial charge < -0.3 is 9.84 Å². The molecule has 0 aliphatic heterocycles. The van der Waals surface area contributed by atoms with Crippen LogP contribution in [-0.2, 0) is 10.2 Å². The average Bonchev–Trinajstić information content (AvgIpc) is 2.86. The van der Waals surface area contributed by atoms with Gasteiger partial charge in [0.15, 0.2) is 5.82 Å². The third-order valence-electron chi connectivity index (χ3n) is 4.02. The van der Waals surface area contributed by atoms with Crippen molar-refractivity contribution >= 4 is 11.7 Å². The molecule has 0 unspecified atom stereocenters. The van der Waals surface area contributed by atoms with Crippen LogP contribution >= 0.6 is 0 Å². The Bertz CT molecular complexity index is 440. The summed E-state index contributed by atoms with van der Waals surface area (Å²) in [5.74, 6) is 2.10. The summed E-state index contributed by atoms with van der Waals surface area (Å²) in [6.07, 6.45) is 8.15. The Morgan fingerprint density at radius 2 is 2.05 bits per heavy atom. The number of nitrogens with one attached hydrogen (secondary N) is 1. The van der Waals surface area contributed by atoms with Crippen molar-refractivity contribution in [1.29, 1.82) is 0 Å². The number of hydrogen-bond donors (Lipinski definition) is 1. The van der Waals surface area contributed by atoms with Crippen molar-refractivity contribution in [2.24, 2.45) is 5.92 Å². The zero-order valence-corrected chi connectivity index (χ0v) is 12.9. The van der Waals surface area contributed by atoms with Gasteiger partial charge in [0.1, 0.15) is 5.76 Å². The van der Waals surface area contributed by atoms with Gasteiger partial charge in [0.05, 0.1) is 0 Å². The molecule has 1 aromatic heterocycles. The first-order valence-corrected chi connectivity index (χ1v) is 7.72. The van der Waals surface area contributed by atoms with E-state index in [1.54, 1.807) is 0 Å². The molecule has 0 bridgehead atoms. The Labute approximate surface area is 121 Å². The minimum atomic E-state index is -0.0852. The highest BCUT2D eigenvalue weighted by Gasteiger charge is 2.20. The van der Waals surface area contributed by atoms with Crippen LogP contribution in [-0.4, -0.2) is 11.1 Å². The zero-order chi connectivity index (χ0) is 14.6. The molecular formula is C16H26N2O2. The van der Waals surface area contributed by atoms with E-state index in [1.165, 1.54) is 32.1 Å². The number of hydrogen-bond acceptors (Lipinski definition) is 3. The topological polar surface area (TPSA) is 55.1 Å². The maximum Gasteiger partial charge on any atom is 0.225 e. The predicted octanol–water partition coefficient (Wildman–Crippen LogP) is 4.27. The Balaban J connectivity index is 1.77. The summed E-state index contributed by atoms with van der Waals surface area (Å²) in [4.78, 5) is 11.9. The molecule has 0 spiro atoms. The molecule has 1 saturated carbocycles. The van der Waals surface area contributed by atoms with Gasteiger partial charge in [-0.1, -0.05) is 58.0 Å². The van der Waals surface area contributed by atoms with E-state index >= 15 is 0 Å². The Morgan fingerprint density at radius 3 is 2.65 bits per heavy atom. The summed E-state index contributed by atoms with van der Waals surface area (Å²) in [5.41, 5.74) is -0.0852. The summed E-state index contributed by atoms with van der Waals surface area (Å²) >= 11 is 0. The zero-order valence-electron chi connectivity index (χ0n) is 12.9. The summed E-state index contributed by atoms with van der Waals surface area (Å²) < 4.78 is 5.26. The lowest BCUT2D eigenvalue weighted by Crippen LogP contribution is -2.15. The first-order chi connectivity index (χ1) is 9.45. The SMILES string of the molecule is CC(C)(C)c1cc(NC(=O)CCC2CCCCC2)no1. The molecule has 0 saturated heterocycles. The molecule has 20 heavy (non-hydrogen) atoms. The van der Waals surface area contributed by atoms with Crippen molar-refractivity contribution in [2.75, 3.05) is 5.32 Å². The van der Waals surface area contributed by atoms with Gasteiger partial charge in [0.25, 0.3) is 0 Å². The molecule has 1 aliphatic rings. The van der Waals surface area contributed by atoms with Crippen LogP contribution in [0.3, 0.4) is 0 Å². The van der Waals surface area contributed by atoms with Crippen LogP contribution < -0.4 is 5.32 Å². The van der Waals surface area contributed by atoms with Gasteiger partial charge in [-0.25, -0.2) is 0 Å². The third kappa shape index (κ3) is 4.36. The van der Waals surface area contributed by atoms with E-state index in [0.29, 0.717) is 12.2 Å². The summed E-state index contributed by atoms with van der Waals surface area (Å²) in [6.45, 7) is 6.17. The molecule has 1 aliphatic carbocycles. The fourth-order valence-electron chi connectivity index (χ4n) is 2.70. The van der Waals surface area contributed by atoms with Crippen LogP contribution in [0.25, 0.3) is 0 Å². The monoisotopic (exact) mass is 278 g/mol. The van der Waals surface area contributed by atoms with Crippen LogP contribution in [0.2, 0.25) is 0 Å². The van der Waals surface area contributed by atoms with E-state index in [9.17, 15) is 4.79 Å². The molecule has 2 rings (SSSR count). The standard InChI is InChI=1S/C16H26N2O2/c1-16(2,3)13-11-14(18-20-13)17-15(19)10-9-12-7-5-4-6-8-12/h11-12H,4-10H2,1-3H3,(H,17,18,19). The lowest BCUT2D eigenvalue weighted by Gasteiger charge is -2.20. The largest absolute Gasteiger partial charge is 0.359 e. The minimum Gasteiger partial charge on any atom is -0.359 e. The predicted molar refractivity (Wildman–Crippen MR) is 79.6 cm³/mol. The summed E-state index contributed by atoms with van der Waals surface area (Å²) in [5, 5.41) is 6.74. The van der Waals surface area contributed by atoms with Crippen LogP contribution in [0.5, 0.6) is 0 Å². The van der Waals surface area contributed by atoms with Gasteiger partial charge >= 0.3 is 0 Å². The van der Waals surface area contributed by atoms with E-state index in [2.05, 4.69) is 31.2 Å². The Morgan fingerprint density at radius 1 is 1.35 bits per heavy atom. The van der Waals surface area contributed by atoms with Gasteiger partial charge in [-0.2, -0.15) is 0 Å². The lowest BCUT2D eigenvalue weighted by molar-refractivity contribution is -0.116. The molecule has 1 N–H and O–H groups in total. The molecule has 1 amide bonds. The summed E-state index contributed by atoms with van der Waals surface area (Å²) in [7, 11) is 0. The first kappa shape index (κ1) is 15.1. The molecule has 1 heterocycles. The number of rotatable bonds is 4. The van der Waals surface area contributed by atoms with E-state index < -0.39 is 0 Å². The van der Waals surface area contributed by atoms with Gasteiger partial charge in [-0.3, -0.25) is 4.79 Å². The fraction of sp³-hybridized carbons (Fsp3) is 0.750. The highest BCUT2D eigenvalue weighted by Crippen LogP contribution is 2.28. The normalized spacial score (nSPS) is 17.1. The molecule has 1 fully saturated rings. The van der Waals surface area contributed by atoms with Crippen molar-refractivity contribution in [3.05, 3.63) is 11.8 Å². The maximum atomic E-state index is 11.9. The van der Waals surface area contributed by atoms with E-state index in [1.807, 2.05) is 6.07 Å². The molecule has 112 valence electrons. The second-order valence-electron chi connectivity index (χ2n) is 6.92. The number of amides is 1. The molecule has 4 nitrogen and oxygen atoms in total. The van der Waals surface area contributed by atoms with Crippen LogP contribution in [0.1, 0.15) is 71.5 Å². The molecule has 0 radical (unpaired) electrons. The number of carbonyl (C=O) groups is 1. The van der Waals surface area contributed by atoms with Crippen molar-refractivity contribution in [3.8, 4) is 0 Å². The van der Waals surface area contributed by atoms with E-state index in [0.717, 1.165) is 18.1 Å². The van der Waals surface area contributed by atoms with Gasteiger partial charge in [0, 0.05) is 17.9 Å². The van der Waals surface area contributed by atoms with Crippen molar-refractivity contribution in [2.45, 2.75) is 71.1 Å². The second-order valence-corrected chi connectivity index (χ2v) is 6.92. The number of nitrogens with zero attached hydrogens (tertiary/aromatic N) is 1. The quantitative estimate of drug-likeness (QED) is 0.894. The average molecular weight is 278 g/mol. The highest BCUT2D eigenvalue weighted by atomic mass is 16.5. The van der Waals surface area contributed by atoms with Gasteiger partial charge in [0.2, 0.25) is 5.91 Å². The molecule has 0 atom stereocenters. The number of anilines is 1. The van der Waals surface area contributed by atoms with Gasteiger partial charge in [-0.05, 0) is 12.3 Å². The van der Waals surface area contributed by atoms with Crippen molar-refractivity contribution in [3.63, 3.8) is 0 Å². The highest BCUT2D eigenvalue weighted by molar-refractivity contribution is 5.89. The molecule has 1 aromatic rings. The van der Waals surface area contributed by atoms with Crippen molar-refractivity contribution in [1.82, 2.24) is 5.16 Å². The fourth-order valence-corrected chi connectivity index (χ4v) is 2.70. The second kappa shape index (κ2) is 6.42. The molecule has 0 aromatic carbocycles. The van der Waals surface area contributed by atoms with Crippen LogP contribution in [0.15, 0.2) is 10.6 Å². The first-order valence-electron chi connectivity index (χ1n) is 7.72. The van der Waals surface area contributed by atoms with Crippen molar-refractivity contribution < 1.29 is 9.32 Å². The van der Waals surface area contributed by atoms with Gasteiger partial charge in [-0.15, -0.1) is 0 Å². The van der Waals surface area contributed by atoms with E-state index in [4.69, 9.17) is 4.52 Å². The Hall–Kier alpha value is -1.32. The van der Waals surface area contributed by atoms with Crippen LogP contribution in [0, 0.1) is 5.92 Å². The summed E-state index contributed by atoms with van der Waals surface area (Å²) in [6, 6.07) is 1.82. The molecule has 4 heteroatoms. The maximum absolute atomic E-state index is 11.9. The van der Waals surface area contributed by atoms with E-state index in [-0.39, 0.29) is 11.3 Å². The third-order valence-corrected chi connectivity index (χ3v) is 4.02.